The van der Waals surface area contributed by atoms with Gasteiger partial charge in [-0.3, -0.25) is 0 Å². The molecule has 0 saturated heterocycles. The monoisotopic (exact) mass is 386 g/mol. The van der Waals surface area contributed by atoms with Crippen LogP contribution in [0.4, 0.5) is 11.5 Å². The lowest BCUT2D eigenvalue weighted by molar-refractivity contribution is -0.666. The topological polar surface area (TPSA) is 83.3 Å². The molecule has 0 spiro atoms. The molecule has 0 bridgehead atoms. The molecule has 0 aliphatic rings. The van der Waals surface area contributed by atoms with Crippen molar-refractivity contribution < 1.29 is 4.68 Å². The standard InChI is InChI=1S/C20H15N7S/c1-13-24-25-26-27(13)16-9-7-15(8-10-16)23-20-19-17(21-12-22-20)11-18(28-19)14-5-3-2-4-6-14/h2-12H,1H3,(H,21,22,23)/p+1. The summed E-state index contributed by atoms with van der Waals surface area (Å²) in [6.45, 7) is 1.90. The Morgan fingerprint density at radius 3 is 2.57 bits per heavy atom. The Bertz CT molecular complexity index is 1240. The van der Waals surface area contributed by atoms with E-state index < -0.39 is 0 Å². The second-order valence-electron chi connectivity index (χ2n) is 6.27. The average molecular weight is 386 g/mol. The largest absolute Gasteiger partial charge is 0.339 e. The van der Waals surface area contributed by atoms with Gasteiger partial charge in [0.1, 0.15) is 17.1 Å². The van der Waals surface area contributed by atoms with E-state index in [1.54, 1.807) is 17.7 Å². The minimum Gasteiger partial charge on any atom is -0.339 e. The Hall–Kier alpha value is -3.65. The second kappa shape index (κ2) is 6.82. The smallest absolute Gasteiger partial charge is 0.302 e. The molecular formula is C20H16N7S+. The van der Waals surface area contributed by atoms with Crippen LogP contribution in [0, 0.1) is 6.92 Å². The molecule has 3 aromatic heterocycles. The van der Waals surface area contributed by atoms with Crippen LogP contribution >= 0.6 is 11.3 Å². The van der Waals surface area contributed by atoms with Gasteiger partial charge in [0.2, 0.25) is 0 Å². The predicted octanol–water partition coefficient (Wildman–Crippen LogP) is 3.81. The van der Waals surface area contributed by atoms with Crippen molar-refractivity contribution >= 4 is 33.1 Å². The van der Waals surface area contributed by atoms with Crippen LogP contribution in [0.2, 0.25) is 0 Å². The van der Waals surface area contributed by atoms with Crippen molar-refractivity contribution in [2.24, 2.45) is 0 Å². The minimum atomic E-state index is 0.797. The molecule has 0 amide bonds. The molecule has 3 heterocycles. The fourth-order valence-electron chi connectivity index (χ4n) is 3.02. The van der Waals surface area contributed by atoms with Crippen molar-refractivity contribution in [1.82, 2.24) is 25.5 Å². The normalized spacial score (nSPS) is 11.0. The molecule has 0 saturated carbocycles. The van der Waals surface area contributed by atoms with Gasteiger partial charge in [0, 0.05) is 17.5 Å². The first-order valence-electron chi connectivity index (χ1n) is 8.75. The molecule has 0 radical (unpaired) electrons. The van der Waals surface area contributed by atoms with Gasteiger partial charge in [-0.1, -0.05) is 35.5 Å². The summed E-state index contributed by atoms with van der Waals surface area (Å²) in [6.07, 6.45) is 1.59. The Morgan fingerprint density at radius 1 is 1.00 bits per heavy atom. The summed E-state index contributed by atoms with van der Waals surface area (Å²) < 4.78 is 2.85. The molecule has 0 atom stereocenters. The van der Waals surface area contributed by atoms with Crippen LogP contribution in [-0.2, 0) is 0 Å². The summed E-state index contributed by atoms with van der Waals surface area (Å²) in [5.74, 6) is 1.60. The van der Waals surface area contributed by atoms with Crippen molar-refractivity contribution in [3.8, 4) is 16.1 Å². The fraction of sp³-hybridized carbons (Fsp3) is 0.0500. The first-order valence-corrected chi connectivity index (χ1v) is 9.57. The summed E-state index contributed by atoms with van der Waals surface area (Å²) in [6, 6.07) is 20.4. The highest BCUT2D eigenvalue weighted by Crippen LogP contribution is 2.36. The van der Waals surface area contributed by atoms with Crippen LogP contribution < -0.4 is 10.00 Å². The minimum absolute atomic E-state index is 0.797. The molecule has 28 heavy (non-hydrogen) atoms. The van der Waals surface area contributed by atoms with Gasteiger partial charge >= 0.3 is 5.82 Å². The summed E-state index contributed by atoms with van der Waals surface area (Å²) in [5.41, 5.74) is 4.03. The van der Waals surface area contributed by atoms with Crippen LogP contribution in [0.3, 0.4) is 0 Å². The second-order valence-corrected chi connectivity index (χ2v) is 7.32. The van der Waals surface area contributed by atoms with Crippen molar-refractivity contribution in [1.29, 1.82) is 0 Å². The van der Waals surface area contributed by atoms with E-state index in [0.717, 1.165) is 33.2 Å². The van der Waals surface area contributed by atoms with Crippen molar-refractivity contribution in [2.75, 3.05) is 5.32 Å². The number of aromatic amines is 1. The Kier molecular flexibility index (Phi) is 4.02. The van der Waals surface area contributed by atoms with Crippen LogP contribution in [0.25, 0.3) is 26.3 Å². The van der Waals surface area contributed by atoms with Crippen molar-refractivity contribution in [3.05, 3.63) is 72.8 Å². The highest BCUT2D eigenvalue weighted by molar-refractivity contribution is 7.22. The number of thiophene rings is 1. The molecule has 2 aromatic carbocycles. The highest BCUT2D eigenvalue weighted by atomic mass is 32.1. The number of hydrogen-bond donors (Lipinski definition) is 2. The lowest BCUT2D eigenvalue weighted by Gasteiger charge is -2.06. The number of tetrazole rings is 1. The predicted molar refractivity (Wildman–Crippen MR) is 109 cm³/mol. The van der Waals surface area contributed by atoms with Gasteiger partial charge in [-0.15, -0.1) is 16.0 Å². The van der Waals surface area contributed by atoms with Gasteiger partial charge in [-0.25, -0.2) is 9.97 Å². The van der Waals surface area contributed by atoms with E-state index >= 15 is 0 Å². The van der Waals surface area contributed by atoms with E-state index in [-0.39, 0.29) is 0 Å². The number of nitrogens with one attached hydrogen (secondary N) is 2. The number of fused-ring (bicyclic) bond motifs is 1. The van der Waals surface area contributed by atoms with Crippen LogP contribution in [0.5, 0.6) is 0 Å². The molecule has 5 rings (SSSR count). The molecule has 136 valence electrons. The molecule has 0 aliphatic carbocycles. The number of rotatable bonds is 4. The van der Waals surface area contributed by atoms with Crippen LogP contribution in [-0.4, -0.2) is 25.5 Å². The maximum atomic E-state index is 4.45. The fourth-order valence-corrected chi connectivity index (χ4v) is 4.08. The van der Waals surface area contributed by atoms with E-state index in [1.807, 2.05) is 54.1 Å². The van der Waals surface area contributed by atoms with E-state index in [0.29, 0.717) is 0 Å². The maximum Gasteiger partial charge on any atom is 0.302 e. The molecule has 0 unspecified atom stereocenters. The summed E-state index contributed by atoms with van der Waals surface area (Å²) in [7, 11) is 0. The molecule has 7 nitrogen and oxygen atoms in total. The molecule has 0 aliphatic heterocycles. The van der Waals surface area contributed by atoms with Crippen molar-refractivity contribution in [3.63, 3.8) is 0 Å². The third-order valence-corrected chi connectivity index (χ3v) is 5.60. The van der Waals surface area contributed by atoms with Gasteiger partial charge in [-0.05, 0) is 35.9 Å². The Balaban J connectivity index is 1.47. The maximum absolute atomic E-state index is 4.45. The zero-order chi connectivity index (χ0) is 18.9. The lowest BCUT2D eigenvalue weighted by Crippen LogP contribution is -2.35. The quantitative estimate of drug-likeness (QED) is 0.459. The molecule has 0 fully saturated rings. The van der Waals surface area contributed by atoms with Crippen molar-refractivity contribution in [2.45, 2.75) is 6.92 Å². The number of anilines is 2. The van der Waals surface area contributed by atoms with E-state index in [9.17, 15) is 0 Å². The molecular weight excluding hydrogens is 370 g/mol. The molecule has 2 N–H and O–H groups in total. The van der Waals surface area contributed by atoms with Gasteiger partial charge < -0.3 is 5.32 Å². The number of hydrogen-bond acceptors (Lipinski definition) is 6. The van der Waals surface area contributed by atoms with Gasteiger partial charge in [0.05, 0.1) is 10.2 Å². The number of aryl methyl sites for hydroxylation is 1. The average Bonchev–Trinajstić information content (AvgIpc) is 3.36. The summed E-state index contributed by atoms with van der Waals surface area (Å²) in [5, 5.41) is 14.0. The third-order valence-electron chi connectivity index (χ3n) is 4.42. The van der Waals surface area contributed by atoms with Gasteiger partial charge in [0.25, 0.3) is 0 Å². The number of aromatic nitrogens is 6. The highest BCUT2D eigenvalue weighted by Gasteiger charge is 2.12. The van der Waals surface area contributed by atoms with E-state index in [1.165, 1.54) is 10.4 Å². The zero-order valence-electron chi connectivity index (χ0n) is 15.0. The molecule has 5 aromatic rings. The summed E-state index contributed by atoms with van der Waals surface area (Å²) in [4.78, 5) is 10.1. The number of nitrogens with zero attached hydrogens (tertiary/aromatic N) is 5. The lowest BCUT2D eigenvalue weighted by atomic mass is 10.2. The third kappa shape index (κ3) is 2.99. The van der Waals surface area contributed by atoms with Crippen LogP contribution in [0.1, 0.15) is 5.82 Å². The first-order chi connectivity index (χ1) is 13.8. The SMILES string of the molecule is Cc1nn[nH][n+]1-c1ccc(Nc2ncnc3cc(-c4ccccc4)sc23)cc1. The Labute approximate surface area is 164 Å². The van der Waals surface area contributed by atoms with Crippen LogP contribution in [0.15, 0.2) is 67.0 Å². The summed E-state index contributed by atoms with van der Waals surface area (Å²) >= 11 is 1.69. The van der Waals surface area contributed by atoms with Gasteiger partial charge in [-0.2, -0.15) is 0 Å². The van der Waals surface area contributed by atoms with E-state index in [2.05, 4.69) is 49.0 Å². The number of benzene rings is 2. The van der Waals surface area contributed by atoms with E-state index in [4.69, 9.17) is 0 Å². The van der Waals surface area contributed by atoms with Gasteiger partial charge in [0.15, 0.2) is 11.0 Å². The Morgan fingerprint density at radius 2 is 1.82 bits per heavy atom. The number of H-pyrrole nitrogens is 1. The zero-order valence-corrected chi connectivity index (χ0v) is 15.8. The first kappa shape index (κ1) is 16.5. The molecule has 8 heteroatoms.